The SMILES string of the molecule is CCN(C(=O)C(CO)NC(=O)OC(C)(C)C)C(C(=O)NC(Cc1ccccc1)C(=O)OC(C)(C)C)c1ccccc1O. The fourth-order valence-corrected chi connectivity index (χ4v) is 4.14. The minimum atomic E-state index is -1.45. The minimum Gasteiger partial charge on any atom is -0.508 e. The summed E-state index contributed by atoms with van der Waals surface area (Å²) < 4.78 is 10.8. The third-order valence-electron chi connectivity index (χ3n) is 5.88. The lowest BCUT2D eigenvalue weighted by Gasteiger charge is -2.34. The predicted molar refractivity (Wildman–Crippen MR) is 156 cm³/mol. The monoisotopic (exact) mass is 585 g/mol. The van der Waals surface area contributed by atoms with E-state index in [-0.39, 0.29) is 24.3 Å². The minimum absolute atomic E-state index is 0.0481. The molecule has 2 rings (SSSR count). The third-order valence-corrected chi connectivity index (χ3v) is 5.88. The number of hydrogen-bond donors (Lipinski definition) is 4. The zero-order valence-electron chi connectivity index (χ0n) is 25.3. The fraction of sp³-hybridized carbons (Fsp3) is 0.484. The molecule has 0 aliphatic rings. The molecule has 42 heavy (non-hydrogen) atoms. The number of likely N-dealkylation sites (N-methyl/N-ethyl adjacent to an activating group) is 1. The number of para-hydroxylation sites is 1. The summed E-state index contributed by atoms with van der Waals surface area (Å²) in [5.74, 6) is -2.51. The van der Waals surface area contributed by atoms with E-state index in [4.69, 9.17) is 9.47 Å². The Morgan fingerprint density at radius 1 is 0.833 bits per heavy atom. The number of aliphatic hydroxyl groups excluding tert-OH is 1. The number of hydrogen-bond acceptors (Lipinski definition) is 8. The molecule has 0 heterocycles. The number of aliphatic hydroxyl groups is 1. The number of ether oxygens (including phenoxy) is 2. The topological polar surface area (TPSA) is 154 Å². The third kappa shape index (κ3) is 10.4. The lowest BCUT2D eigenvalue weighted by Crippen LogP contribution is -2.55. The number of amides is 3. The molecule has 4 N–H and O–H groups in total. The Labute approximate surface area is 247 Å². The summed E-state index contributed by atoms with van der Waals surface area (Å²) in [6, 6.07) is 11.0. The maximum Gasteiger partial charge on any atom is 0.408 e. The summed E-state index contributed by atoms with van der Waals surface area (Å²) >= 11 is 0. The second kappa shape index (κ2) is 14.7. The summed E-state index contributed by atoms with van der Waals surface area (Å²) in [4.78, 5) is 54.4. The maximum atomic E-state index is 14.0. The van der Waals surface area contributed by atoms with Crippen LogP contribution in [-0.2, 0) is 30.3 Å². The summed E-state index contributed by atoms with van der Waals surface area (Å²) in [7, 11) is 0. The zero-order valence-corrected chi connectivity index (χ0v) is 25.3. The number of carbonyl (C=O) groups excluding carboxylic acids is 4. The van der Waals surface area contributed by atoms with E-state index in [9.17, 15) is 29.4 Å². The molecule has 3 unspecified atom stereocenters. The Morgan fingerprint density at radius 3 is 1.93 bits per heavy atom. The Bertz CT molecular complexity index is 1220. The van der Waals surface area contributed by atoms with Crippen LogP contribution in [0.2, 0.25) is 0 Å². The Balaban J connectivity index is 2.48. The normalized spacial score (nSPS) is 13.7. The Morgan fingerprint density at radius 2 is 1.40 bits per heavy atom. The molecular weight excluding hydrogens is 542 g/mol. The van der Waals surface area contributed by atoms with Gasteiger partial charge in [-0.1, -0.05) is 48.5 Å². The average Bonchev–Trinajstić information content (AvgIpc) is 2.88. The van der Waals surface area contributed by atoms with Crippen LogP contribution in [0.5, 0.6) is 5.75 Å². The Hall–Kier alpha value is -4.12. The molecule has 11 nitrogen and oxygen atoms in total. The van der Waals surface area contributed by atoms with E-state index >= 15 is 0 Å². The number of nitrogens with zero attached hydrogens (tertiary/aromatic N) is 1. The number of carbonyl (C=O) groups is 4. The lowest BCUT2D eigenvalue weighted by atomic mass is 10.00. The molecule has 0 spiro atoms. The van der Waals surface area contributed by atoms with Gasteiger partial charge in [-0.15, -0.1) is 0 Å². The molecule has 0 saturated heterocycles. The zero-order chi connectivity index (χ0) is 31.7. The van der Waals surface area contributed by atoms with Crippen LogP contribution in [0, 0.1) is 0 Å². The second-order valence-electron chi connectivity index (χ2n) is 11.8. The number of aromatic hydroxyl groups is 1. The molecular formula is C31H43N3O8. The van der Waals surface area contributed by atoms with E-state index in [2.05, 4.69) is 10.6 Å². The van der Waals surface area contributed by atoms with Crippen LogP contribution in [0.1, 0.15) is 65.6 Å². The lowest BCUT2D eigenvalue weighted by molar-refractivity contribution is -0.159. The molecule has 0 aliphatic carbocycles. The van der Waals surface area contributed by atoms with Crippen LogP contribution in [0.3, 0.4) is 0 Å². The van der Waals surface area contributed by atoms with E-state index in [1.165, 1.54) is 12.1 Å². The van der Waals surface area contributed by atoms with E-state index in [0.29, 0.717) is 0 Å². The highest BCUT2D eigenvalue weighted by Crippen LogP contribution is 2.30. The van der Waals surface area contributed by atoms with Gasteiger partial charge in [-0.25, -0.2) is 9.59 Å². The van der Waals surface area contributed by atoms with Crippen molar-refractivity contribution < 1.29 is 38.9 Å². The number of rotatable bonds is 11. The van der Waals surface area contributed by atoms with Crippen LogP contribution < -0.4 is 10.6 Å². The van der Waals surface area contributed by atoms with E-state index in [1.54, 1.807) is 84.9 Å². The van der Waals surface area contributed by atoms with Gasteiger partial charge in [0.05, 0.1) is 6.61 Å². The van der Waals surface area contributed by atoms with Gasteiger partial charge in [0, 0.05) is 18.5 Å². The summed E-state index contributed by atoms with van der Waals surface area (Å²) in [6.07, 6.45) is -0.823. The van der Waals surface area contributed by atoms with Crippen molar-refractivity contribution >= 4 is 23.9 Å². The highest BCUT2D eigenvalue weighted by molar-refractivity contribution is 5.94. The van der Waals surface area contributed by atoms with Gasteiger partial charge in [-0.05, 0) is 60.1 Å². The molecule has 230 valence electrons. The molecule has 3 amide bonds. The van der Waals surface area contributed by atoms with E-state index in [1.807, 2.05) is 6.07 Å². The molecule has 2 aromatic rings. The van der Waals surface area contributed by atoms with Crippen LogP contribution in [-0.4, -0.2) is 75.4 Å². The van der Waals surface area contributed by atoms with Gasteiger partial charge in [0.1, 0.15) is 35.1 Å². The standard InChI is InChI=1S/C31H43N3O8/c1-8-34(27(38)23(19-35)33-29(40)42-31(5,6)7)25(21-16-12-13-17-24(21)36)26(37)32-22(28(39)41-30(2,3)4)18-20-14-10-9-11-15-20/h9-17,22-23,25,35-36H,8,18-19H2,1-7H3,(H,32,37)(H,33,40). The maximum absolute atomic E-state index is 14.0. The number of alkyl carbamates (subject to hydrolysis) is 1. The first kappa shape index (κ1) is 34.1. The van der Waals surface area contributed by atoms with Gasteiger partial charge in [-0.3, -0.25) is 9.59 Å². The van der Waals surface area contributed by atoms with E-state index in [0.717, 1.165) is 10.5 Å². The smallest absolute Gasteiger partial charge is 0.408 e. The molecule has 0 aliphatic heterocycles. The summed E-state index contributed by atoms with van der Waals surface area (Å²) in [6.45, 7) is 10.9. The fourth-order valence-electron chi connectivity index (χ4n) is 4.14. The van der Waals surface area contributed by atoms with Crippen LogP contribution in [0.15, 0.2) is 54.6 Å². The van der Waals surface area contributed by atoms with Gasteiger partial charge >= 0.3 is 12.1 Å². The second-order valence-corrected chi connectivity index (χ2v) is 11.8. The molecule has 11 heteroatoms. The van der Waals surface area contributed by atoms with Crippen molar-refractivity contribution in [3.05, 3.63) is 65.7 Å². The van der Waals surface area contributed by atoms with Crippen molar-refractivity contribution in [3.63, 3.8) is 0 Å². The van der Waals surface area contributed by atoms with Crippen molar-refractivity contribution in [3.8, 4) is 5.75 Å². The summed E-state index contributed by atoms with van der Waals surface area (Å²) in [5.41, 5.74) is -0.841. The molecule has 0 saturated carbocycles. The van der Waals surface area contributed by atoms with Crippen molar-refractivity contribution in [2.24, 2.45) is 0 Å². The van der Waals surface area contributed by atoms with Gasteiger partial charge < -0.3 is 35.2 Å². The first-order chi connectivity index (χ1) is 19.6. The van der Waals surface area contributed by atoms with Gasteiger partial charge in [0.25, 0.3) is 0 Å². The van der Waals surface area contributed by atoms with Crippen LogP contribution in [0.4, 0.5) is 4.79 Å². The van der Waals surface area contributed by atoms with Gasteiger partial charge in [-0.2, -0.15) is 0 Å². The molecule has 0 radical (unpaired) electrons. The van der Waals surface area contributed by atoms with E-state index < -0.39 is 59.8 Å². The number of nitrogens with one attached hydrogen (secondary N) is 2. The van der Waals surface area contributed by atoms with Crippen LogP contribution >= 0.6 is 0 Å². The van der Waals surface area contributed by atoms with Crippen molar-refractivity contribution in [1.82, 2.24) is 15.5 Å². The molecule has 0 bridgehead atoms. The van der Waals surface area contributed by atoms with Crippen molar-refractivity contribution in [2.75, 3.05) is 13.2 Å². The molecule has 0 aromatic heterocycles. The molecule has 3 atom stereocenters. The number of benzene rings is 2. The largest absolute Gasteiger partial charge is 0.508 e. The van der Waals surface area contributed by atoms with Crippen molar-refractivity contribution in [1.29, 1.82) is 0 Å². The first-order valence-corrected chi connectivity index (χ1v) is 13.8. The number of esters is 1. The Kier molecular flexibility index (Phi) is 11.9. The first-order valence-electron chi connectivity index (χ1n) is 13.8. The molecule has 0 fully saturated rings. The molecule has 2 aromatic carbocycles. The van der Waals surface area contributed by atoms with Crippen molar-refractivity contribution in [2.45, 2.75) is 84.2 Å². The highest BCUT2D eigenvalue weighted by atomic mass is 16.6. The average molecular weight is 586 g/mol. The van der Waals surface area contributed by atoms with Gasteiger partial charge in [0.2, 0.25) is 11.8 Å². The van der Waals surface area contributed by atoms with Crippen LogP contribution in [0.25, 0.3) is 0 Å². The summed E-state index contributed by atoms with van der Waals surface area (Å²) in [5, 5.41) is 25.8. The number of phenolic OH excluding ortho intramolecular Hbond substituents is 1. The quantitative estimate of drug-likeness (QED) is 0.293. The predicted octanol–water partition coefficient (Wildman–Crippen LogP) is 3.24. The number of phenols is 1. The highest BCUT2D eigenvalue weighted by Gasteiger charge is 2.38. The van der Waals surface area contributed by atoms with Gasteiger partial charge in [0.15, 0.2) is 0 Å².